The molecule has 31 heavy (non-hydrogen) atoms. The second kappa shape index (κ2) is 14.9. The molecule has 0 heterocycles. The van der Waals surface area contributed by atoms with Crippen LogP contribution in [0.25, 0.3) is 17.2 Å². The molecule has 1 atom stereocenters. The minimum Gasteiger partial charge on any atom is -1.00 e. The first-order valence-electron chi connectivity index (χ1n) is 11.6. The minimum absolute atomic E-state index is 0. The van der Waals surface area contributed by atoms with Gasteiger partial charge in [0, 0.05) is 0 Å². The zero-order valence-corrected chi connectivity index (χ0v) is 24.6. The third kappa shape index (κ3) is 7.99. The summed E-state index contributed by atoms with van der Waals surface area (Å²) in [6, 6.07) is 16.6. The largest absolute Gasteiger partial charge is 1.00 e. The molecule has 0 saturated carbocycles. The summed E-state index contributed by atoms with van der Waals surface area (Å²) in [7, 11) is 0. The van der Waals surface area contributed by atoms with Gasteiger partial charge in [-0.15, -0.1) is 0 Å². The first-order valence-corrected chi connectivity index (χ1v) is 19.2. The molecular weight excluding hydrogens is 515 g/mol. The molecule has 0 fully saturated rings. The second-order valence-corrected chi connectivity index (χ2v) is 21.9. The maximum atomic E-state index is 2.59. The molecule has 0 spiro atoms. The van der Waals surface area contributed by atoms with E-state index in [0.717, 1.165) is 3.63 Å². The zero-order valence-electron chi connectivity index (χ0n) is 19.6. The molecule has 0 aliphatic heterocycles. The fourth-order valence-corrected chi connectivity index (χ4v) is 13.2. The number of hydrogen-bond acceptors (Lipinski definition) is 0. The molecule has 3 rings (SSSR count). The Morgan fingerprint density at radius 2 is 1.52 bits per heavy atom. The molecular formula is C27H37Cl2SiZr. The van der Waals surface area contributed by atoms with E-state index in [1.54, 1.807) is 16.7 Å². The molecule has 0 aromatic heterocycles. The Morgan fingerprint density at radius 3 is 2.16 bits per heavy atom. The SMILES string of the molecule is CCCCCCc1ccc(-c2cccc3c2C=C(CCCC)[CH]3[Zr+2][Si](C)C)cc1.[Cl-].[Cl-]. The molecule has 0 amide bonds. The van der Waals surface area contributed by atoms with Crippen molar-refractivity contribution in [1.29, 1.82) is 0 Å². The van der Waals surface area contributed by atoms with Crippen molar-refractivity contribution in [3.8, 4) is 11.1 Å². The van der Waals surface area contributed by atoms with Crippen LogP contribution >= 0.6 is 0 Å². The van der Waals surface area contributed by atoms with Crippen molar-refractivity contribution >= 4 is 12.0 Å². The summed E-state index contributed by atoms with van der Waals surface area (Å²) < 4.78 is 0.835. The Labute approximate surface area is 215 Å². The Morgan fingerprint density at radius 1 is 0.806 bits per heavy atom. The Bertz CT molecular complexity index is 814. The van der Waals surface area contributed by atoms with Gasteiger partial charge >= 0.3 is 179 Å². The predicted molar refractivity (Wildman–Crippen MR) is 127 cm³/mol. The standard InChI is InChI=1S/C25H31.C2H6Si.2ClH.Zr/c1-3-5-7-8-11-20-14-16-22(17-15-20)24-13-9-12-23-18-21(10-6-4-2)19-25(23)24;1-3-2;;;/h9,12-19H,3-8,10-11H2,1-2H3;1-2H3;2*1H;/q;;;;+2/p-2. The molecule has 0 saturated heterocycles. The fraction of sp³-hybridized carbons (Fsp3) is 0.481. The van der Waals surface area contributed by atoms with Crippen LogP contribution in [0.4, 0.5) is 0 Å². The van der Waals surface area contributed by atoms with Crippen molar-refractivity contribution < 1.29 is 47.2 Å². The maximum Gasteiger partial charge on any atom is -1.00 e. The molecule has 0 N–H and O–H groups in total. The van der Waals surface area contributed by atoms with E-state index >= 15 is 0 Å². The van der Waals surface area contributed by atoms with Crippen LogP contribution in [0, 0.1) is 0 Å². The van der Waals surface area contributed by atoms with Gasteiger partial charge in [0.1, 0.15) is 0 Å². The van der Waals surface area contributed by atoms with Crippen molar-refractivity contribution in [3.63, 3.8) is 0 Å². The summed E-state index contributed by atoms with van der Waals surface area (Å²) in [6.07, 6.45) is 13.1. The smallest absolute Gasteiger partial charge is 1.00 e. The van der Waals surface area contributed by atoms with E-state index in [2.05, 4.69) is 75.5 Å². The molecule has 1 radical (unpaired) electrons. The van der Waals surface area contributed by atoms with Gasteiger partial charge in [-0.2, -0.15) is 0 Å². The van der Waals surface area contributed by atoms with Gasteiger partial charge in [0.25, 0.3) is 0 Å². The number of halogens is 2. The number of benzene rings is 2. The summed E-state index contributed by atoms with van der Waals surface area (Å²) in [5, 5.41) is 0. The fourth-order valence-electron chi connectivity index (χ4n) is 4.38. The third-order valence-corrected chi connectivity index (χ3v) is 14.9. The number of aryl methyl sites for hydroxylation is 1. The quantitative estimate of drug-likeness (QED) is 0.297. The van der Waals surface area contributed by atoms with Crippen molar-refractivity contribution in [2.75, 3.05) is 0 Å². The monoisotopic (exact) mass is 549 g/mol. The Kier molecular flexibility index (Phi) is 13.9. The average Bonchev–Trinajstić information content (AvgIpc) is 3.07. The van der Waals surface area contributed by atoms with Crippen LogP contribution in [0.15, 0.2) is 48.0 Å². The van der Waals surface area contributed by atoms with E-state index < -0.39 is 0 Å². The van der Waals surface area contributed by atoms with Crippen molar-refractivity contribution in [3.05, 3.63) is 64.7 Å². The van der Waals surface area contributed by atoms with Gasteiger partial charge in [-0.3, -0.25) is 0 Å². The number of hydrogen-bond donors (Lipinski definition) is 0. The van der Waals surface area contributed by atoms with Crippen LogP contribution in [0.1, 0.15) is 79.1 Å². The average molecular weight is 552 g/mol. The summed E-state index contributed by atoms with van der Waals surface area (Å²) in [5.74, 6) is -0.0822. The second-order valence-electron chi connectivity index (χ2n) is 8.72. The van der Waals surface area contributed by atoms with E-state index in [4.69, 9.17) is 0 Å². The van der Waals surface area contributed by atoms with Crippen LogP contribution in [0.5, 0.6) is 0 Å². The predicted octanol–water partition coefficient (Wildman–Crippen LogP) is 2.45. The summed E-state index contributed by atoms with van der Waals surface area (Å²) >= 11 is -0.361. The Balaban J connectivity index is 0.00000240. The molecule has 0 bridgehead atoms. The Hall–Kier alpha value is -0.140. The van der Waals surface area contributed by atoms with Gasteiger partial charge in [0.2, 0.25) is 0 Å². The summed E-state index contributed by atoms with van der Waals surface area (Å²) in [5.41, 5.74) is 9.32. The molecule has 1 aliphatic carbocycles. The van der Waals surface area contributed by atoms with Gasteiger partial charge in [0.15, 0.2) is 0 Å². The number of fused-ring (bicyclic) bond motifs is 1. The van der Waals surface area contributed by atoms with Crippen LogP contribution in [-0.4, -0.2) is 5.92 Å². The molecule has 1 aliphatic rings. The van der Waals surface area contributed by atoms with Gasteiger partial charge in [-0.1, -0.05) is 13.3 Å². The van der Waals surface area contributed by atoms with Crippen molar-refractivity contribution in [1.82, 2.24) is 0 Å². The molecule has 4 heteroatoms. The van der Waals surface area contributed by atoms with E-state index in [1.165, 1.54) is 68.1 Å². The normalized spacial score (nSPS) is 14.4. The van der Waals surface area contributed by atoms with Crippen LogP contribution in [0.2, 0.25) is 13.1 Å². The molecule has 0 nitrogen and oxygen atoms in total. The van der Waals surface area contributed by atoms with E-state index in [-0.39, 0.29) is 53.1 Å². The van der Waals surface area contributed by atoms with Crippen LogP contribution in [0.3, 0.4) is 0 Å². The number of rotatable bonds is 11. The minimum atomic E-state index is -0.361. The zero-order chi connectivity index (χ0) is 20.6. The van der Waals surface area contributed by atoms with Crippen molar-refractivity contribution in [2.24, 2.45) is 0 Å². The van der Waals surface area contributed by atoms with E-state index in [9.17, 15) is 0 Å². The number of unbranched alkanes of at least 4 members (excludes halogenated alkanes) is 4. The van der Waals surface area contributed by atoms with Crippen molar-refractivity contribution in [2.45, 2.75) is 81.9 Å². The summed E-state index contributed by atoms with van der Waals surface area (Å²) in [4.78, 5) is 0. The topological polar surface area (TPSA) is 0 Å². The molecule has 1 unspecified atom stereocenters. The van der Waals surface area contributed by atoms with Gasteiger partial charge in [-0.25, -0.2) is 0 Å². The van der Waals surface area contributed by atoms with Gasteiger partial charge in [0.05, 0.1) is 0 Å². The summed E-state index contributed by atoms with van der Waals surface area (Å²) in [6.45, 7) is 9.68. The van der Waals surface area contributed by atoms with Gasteiger partial charge < -0.3 is 24.8 Å². The molecule has 167 valence electrons. The first-order chi connectivity index (χ1) is 14.1. The van der Waals surface area contributed by atoms with E-state index in [1.807, 2.05) is 0 Å². The van der Waals surface area contributed by atoms with Crippen LogP contribution < -0.4 is 24.8 Å². The first kappa shape index (κ1) is 28.9. The van der Waals surface area contributed by atoms with E-state index in [0.29, 0.717) is 0 Å². The molecule has 2 aromatic carbocycles. The number of allylic oxidation sites excluding steroid dienone is 1. The van der Waals surface area contributed by atoms with Crippen LogP contribution in [-0.2, 0) is 28.8 Å². The molecule has 2 aromatic rings. The third-order valence-electron chi connectivity index (χ3n) is 5.99. The van der Waals surface area contributed by atoms with Gasteiger partial charge in [-0.05, 0) is 0 Å². The maximum absolute atomic E-state index is 2.59.